The van der Waals surface area contributed by atoms with Crippen LogP contribution in [0.1, 0.15) is 41.0 Å². The van der Waals surface area contributed by atoms with Gasteiger partial charge in [0.05, 0.1) is 12.2 Å². The van der Waals surface area contributed by atoms with Gasteiger partial charge < -0.3 is 16.0 Å². The van der Waals surface area contributed by atoms with Crippen molar-refractivity contribution in [1.82, 2.24) is 15.6 Å². The first-order valence-electron chi connectivity index (χ1n) is 8.23. The molecule has 132 valence electrons. The molecular formula is C19H24N4O2. The van der Waals surface area contributed by atoms with Gasteiger partial charge >= 0.3 is 6.03 Å². The fraction of sp³-hybridized carbons (Fsp3) is 0.316. The van der Waals surface area contributed by atoms with Crippen LogP contribution in [0.25, 0.3) is 0 Å². The van der Waals surface area contributed by atoms with Crippen molar-refractivity contribution in [3.8, 4) is 0 Å². The van der Waals surface area contributed by atoms with Gasteiger partial charge in [0.15, 0.2) is 0 Å². The van der Waals surface area contributed by atoms with Gasteiger partial charge in [0.25, 0.3) is 5.91 Å². The number of aromatic nitrogens is 1. The van der Waals surface area contributed by atoms with Crippen molar-refractivity contribution >= 4 is 17.6 Å². The molecule has 0 aliphatic rings. The normalized spacial score (nSPS) is 10.4. The summed E-state index contributed by atoms with van der Waals surface area (Å²) in [7, 11) is 0. The maximum absolute atomic E-state index is 12.2. The van der Waals surface area contributed by atoms with E-state index in [1.807, 2.05) is 45.9 Å². The van der Waals surface area contributed by atoms with Crippen molar-refractivity contribution in [2.75, 3.05) is 5.32 Å². The fourth-order valence-electron chi connectivity index (χ4n) is 2.33. The molecule has 3 amide bonds. The molecule has 0 radical (unpaired) electrons. The second kappa shape index (κ2) is 8.28. The molecular weight excluding hydrogens is 316 g/mol. The molecule has 3 N–H and O–H groups in total. The Bertz CT molecular complexity index is 772. The molecule has 6 heteroatoms. The third-order valence-corrected chi connectivity index (χ3v) is 3.69. The van der Waals surface area contributed by atoms with Crippen molar-refractivity contribution in [3.63, 3.8) is 0 Å². The van der Waals surface area contributed by atoms with Crippen molar-refractivity contribution in [2.45, 2.75) is 40.3 Å². The first kappa shape index (κ1) is 18.4. The number of carbonyl (C=O) groups is 2. The van der Waals surface area contributed by atoms with E-state index >= 15 is 0 Å². The zero-order valence-corrected chi connectivity index (χ0v) is 15.0. The van der Waals surface area contributed by atoms with Gasteiger partial charge in [0.2, 0.25) is 0 Å². The van der Waals surface area contributed by atoms with Gasteiger partial charge in [-0.2, -0.15) is 0 Å². The number of hydrogen-bond acceptors (Lipinski definition) is 3. The van der Waals surface area contributed by atoms with E-state index in [1.54, 1.807) is 18.3 Å². The van der Waals surface area contributed by atoms with Gasteiger partial charge in [-0.1, -0.05) is 12.1 Å². The van der Waals surface area contributed by atoms with Crippen LogP contribution in [0.2, 0.25) is 0 Å². The lowest BCUT2D eigenvalue weighted by Gasteiger charge is -2.13. The van der Waals surface area contributed by atoms with E-state index in [4.69, 9.17) is 0 Å². The Hall–Kier alpha value is -2.89. The lowest BCUT2D eigenvalue weighted by molar-refractivity contribution is 0.0942. The Balaban J connectivity index is 2.01. The molecule has 1 aromatic heterocycles. The molecule has 0 saturated carbocycles. The smallest absolute Gasteiger partial charge is 0.319 e. The number of nitrogens with zero attached hydrogens (tertiary/aromatic N) is 1. The van der Waals surface area contributed by atoms with Gasteiger partial charge in [-0.3, -0.25) is 9.78 Å². The quantitative estimate of drug-likeness (QED) is 0.782. The van der Waals surface area contributed by atoms with Crippen LogP contribution >= 0.6 is 0 Å². The Kier molecular flexibility index (Phi) is 6.11. The predicted molar refractivity (Wildman–Crippen MR) is 98.6 cm³/mol. The number of anilines is 1. The predicted octanol–water partition coefficient (Wildman–Crippen LogP) is 3.16. The van der Waals surface area contributed by atoms with Gasteiger partial charge in [-0.25, -0.2) is 4.79 Å². The van der Waals surface area contributed by atoms with Crippen LogP contribution in [0.3, 0.4) is 0 Å². The van der Waals surface area contributed by atoms with Gasteiger partial charge in [-0.15, -0.1) is 0 Å². The standard InChI is InChI=1S/C19H24N4O2/c1-12(2)22-18(24)16-10-15(8-7-13(16)3)23-19(25)21-11-17-14(4)6-5-9-20-17/h5-10,12H,11H2,1-4H3,(H,22,24)(H2,21,23,25). The number of rotatable bonds is 5. The number of carbonyl (C=O) groups excluding carboxylic acids is 2. The molecule has 0 saturated heterocycles. The maximum atomic E-state index is 12.2. The molecule has 25 heavy (non-hydrogen) atoms. The van der Waals surface area contributed by atoms with Crippen LogP contribution in [-0.2, 0) is 6.54 Å². The highest BCUT2D eigenvalue weighted by Crippen LogP contribution is 2.15. The van der Waals surface area contributed by atoms with Gasteiger partial charge in [0, 0.05) is 23.5 Å². The summed E-state index contributed by atoms with van der Waals surface area (Å²) in [5, 5.41) is 8.38. The van der Waals surface area contributed by atoms with Crippen molar-refractivity contribution in [3.05, 3.63) is 58.9 Å². The van der Waals surface area contributed by atoms with Crippen LogP contribution in [0.5, 0.6) is 0 Å². The van der Waals surface area contributed by atoms with E-state index in [9.17, 15) is 9.59 Å². The summed E-state index contributed by atoms with van der Waals surface area (Å²) in [5.74, 6) is -0.152. The van der Waals surface area contributed by atoms with Crippen LogP contribution < -0.4 is 16.0 Å². The Morgan fingerprint density at radius 2 is 1.88 bits per heavy atom. The Morgan fingerprint density at radius 3 is 2.56 bits per heavy atom. The molecule has 0 atom stereocenters. The average Bonchev–Trinajstić information content (AvgIpc) is 2.55. The highest BCUT2D eigenvalue weighted by Gasteiger charge is 2.12. The summed E-state index contributed by atoms with van der Waals surface area (Å²) in [6.07, 6.45) is 1.70. The van der Waals surface area contributed by atoms with Crippen molar-refractivity contribution in [2.24, 2.45) is 0 Å². The number of urea groups is 1. The number of hydrogen-bond donors (Lipinski definition) is 3. The molecule has 0 fully saturated rings. The van der Waals surface area contributed by atoms with Crippen LogP contribution in [0.15, 0.2) is 36.5 Å². The van der Waals surface area contributed by atoms with E-state index in [1.165, 1.54) is 0 Å². The molecule has 2 aromatic rings. The van der Waals surface area contributed by atoms with Gasteiger partial charge in [0.1, 0.15) is 0 Å². The highest BCUT2D eigenvalue weighted by molar-refractivity contribution is 5.98. The third-order valence-electron chi connectivity index (χ3n) is 3.69. The van der Waals surface area contributed by atoms with Gasteiger partial charge in [-0.05, 0) is 57.0 Å². The summed E-state index contributed by atoms with van der Waals surface area (Å²) in [6, 6.07) is 8.77. The minimum absolute atomic E-state index is 0.0495. The molecule has 0 spiro atoms. The first-order valence-corrected chi connectivity index (χ1v) is 8.23. The summed E-state index contributed by atoms with van der Waals surface area (Å²) in [6.45, 7) is 7.96. The summed E-state index contributed by atoms with van der Waals surface area (Å²) in [4.78, 5) is 28.5. The average molecular weight is 340 g/mol. The summed E-state index contributed by atoms with van der Waals surface area (Å²) in [5.41, 5.74) is 3.80. The van der Waals surface area contributed by atoms with E-state index < -0.39 is 0 Å². The Labute approximate surface area is 148 Å². The number of benzene rings is 1. The topological polar surface area (TPSA) is 83.1 Å². The Morgan fingerprint density at radius 1 is 1.12 bits per heavy atom. The maximum Gasteiger partial charge on any atom is 0.319 e. The SMILES string of the molecule is Cc1ccc(NC(=O)NCc2ncccc2C)cc1C(=O)NC(C)C. The molecule has 6 nitrogen and oxygen atoms in total. The molecule has 1 aromatic carbocycles. The number of amides is 3. The largest absolute Gasteiger partial charge is 0.350 e. The minimum atomic E-state index is -0.343. The number of aryl methyl sites for hydroxylation is 2. The van der Waals surface area contributed by atoms with Crippen molar-refractivity contribution in [1.29, 1.82) is 0 Å². The monoisotopic (exact) mass is 340 g/mol. The zero-order valence-electron chi connectivity index (χ0n) is 15.0. The summed E-state index contributed by atoms with van der Waals surface area (Å²) < 4.78 is 0. The lowest BCUT2D eigenvalue weighted by atomic mass is 10.1. The number of nitrogens with one attached hydrogen (secondary N) is 3. The molecule has 0 aliphatic carbocycles. The van der Waals surface area contributed by atoms with E-state index in [-0.39, 0.29) is 18.0 Å². The lowest BCUT2D eigenvalue weighted by Crippen LogP contribution is -2.31. The van der Waals surface area contributed by atoms with Crippen LogP contribution in [0, 0.1) is 13.8 Å². The van der Waals surface area contributed by atoms with E-state index in [0.717, 1.165) is 16.8 Å². The second-order valence-electron chi connectivity index (χ2n) is 6.23. The van der Waals surface area contributed by atoms with Crippen LogP contribution in [-0.4, -0.2) is 23.0 Å². The molecule has 2 rings (SSSR count). The molecule has 0 unspecified atom stereocenters. The molecule has 1 heterocycles. The fourth-order valence-corrected chi connectivity index (χ4v) is 2.33. The third kappa shape index (κ3) is 5.31. The van der Waals surface area contributed by atoms with E-state index in [0.29, 0.717) is 17.8 Å². The van der Waals surface area contributed by atoms with Crippen molar-refractivity contribution < 1.29 is 9.59 Å². The van der Waals surface area contributed by atoms with E-state index in [2.05, 4.69) is 20.9 Å². The highest BCUT2D eigenvalue weighted by atomic mass is 16.2. The molecule has 0 bridgehead atoms. The summed E-state index contributed by atoms with van der Waals surface area (Å²) >= 11 is 0. The zero-order chi connectivity index (χ0) is 18.4. The second-order valence-corrected chi connectivity index (χ2v) is 6.23. The minimum Gasteiger partial charge on any atom is -0.350 e. The number of pyridine rings is 1. The first-order chi connectivity index (χ1) is 11.9. The molecule has 0 aliphatic heterocycles. The van der Waals surface area contributed by atoms with Crippen LogP contribution in [0.4, 0.5) is 10.5 Å².